The maximum atomic E-state index is 12.3. The van der Waals surface area contributed by atoms with Crippen LogP contribution in [0.25, 0.3) is 0 Å². The Kier molecular flexibility index (Phi) is 8.93. The minimum absolute atomic E-state index is 0.0994. The van der Waals surface area contributed by atoms with Crippen LogP contribution in [0.4, 0.5) is 5.69 Å². The molecule has 0 saturated carbocycles. The number of anilines is 1. The summed E-state index contributed by atoms with van der Waals surface area (Å²) < 4.78 is 11.3. The van der Waals surface area contributed by atoms with Crippen LogP contribution in [-0.4, -0.2) is 37.6 Å². The third-order valence-electron chi connectivity index (χ3n) is 4.42. The molecule has 0 aliphatic rings. The summed E-state index contributed by atoms with van der Waals surface area (Å²) in [6.07, 6.45) is 0. The van der Waals surface area contributed by atoms with Crippen LogP contribution >= 0.6 is 0 Å². The van der Waals surface area contributed by atoms with Gasteiger partial charge in [0.25, 0.3) is 11.8 Å². The monoisotopic (exact) mass is 441 g/mol. The van der Waals surface area contributed by atoms with Crippen LogP contribution in [0.2, 0.25) is 0 Å². The molecule has 2 aromatic rings. The number of nitrogens with one attached hydrogen (secondary N) is 3. The molecule has 0 aromatic heterocycles. The van der Waals surface area contributed by atoms with Crippen LogP contribution in [0.3, 0.4) is 0 Å². The number of hydrogen-bond acceptors (Lipinski definition) is 5. The van der Waals surface area contributed by atoms with E-state index >= 15 is 0 Å². The number of carbonyl (C=O) groups excluding carboxylic acids is 2. The fourth-order valence-corrected chi connectivity index (χ4v) is 2.98. The average Bonchev–Trinajstić information content (AvgIpc) is 2.73. The summed E-state index contributed by atoms with van der Waals surface area (Å²) in [5.41, 5.74) is 1.90. The van der Waals surface area contributed by atoms with E-state index in [0.717, 1.165) is 11.3 Å². The van der Waals surface area contributed by atoms with Crippen molar-refractivity contribution < 1.29 is 19.1 Å². The van der Waals surface area contributed by atoms with E-state index in [1.165, 1.54) is 0 Å². The predicted molar refractivity (Wildman–Crippen MR) is 127 cm³/mol. The van der Waals surface area contributed by atoms with Gasteiger partial charge in [0, 0.05) is 35.4 Å². The van der Waals surface area contributed by atoms with Crippen LogP contribution in [0.15, 0.2) is 42.5 Å². The Labute approximate surface area is 190 Å². The van der Waals surface area contributed by atoms with Gasteiger partial charge in [-0.3, -0.25) is 9.59 Å². The minimum Gasteiger partial charge on any atom is -0.493 e. The van der Waals surface area contributed by atoms with E-state index in [1.807, 2.05) is 51.1 Å². The number of rotatable bonds is 10. The third-order valence-corrected chi connectivity index (χ3v) is 4.42. The van der Waals surface area contributed by atoms with Gasteiger partial charge in [-0.25, -0.2) is 0 Å². The smallest absolute Gasteiger partial charge is 0.258 e. The molecule has 7 heteroatoms. The van der Waals surface area contributed by atoms with Crippen molar-refractivity contribution in [2.24, 2.45) is 5.92 Å². The molecule has 2 amide bonds. The van der Waals surface area contributed by atoms with Crippen molar-refractivity contribution in [1.82, 2.24) is 10.6 Å². The fraction of sp³-hybridized carbons (Fsp3) is 0.440. The molecule has 3 N–H and O–H groups in total. The minimum atomic E-state index is -0.335. The quantitative estimate of drug-likeness (QED) is 0.519. The zero-order valence-electron chi connectivity index (χ0n) is 19.9. The molecule has 32 heavy (non-hydrogen) atoms. The number of methoxy groups -OCH3 is 1. The second kappa shape index (κ2) is 11.4. The van der Waals surface area contributed by atoms with Crippen molar-refractivity contribution in [3.8, 4) is 11.5 Å². The van der Waals surface area contributed by atoms with E-state index < -0.39 is 0 Å². The molecule has 0 heterocycles. The van der Waals surface area contributed by atoms with Crippen LogP contribution in [-0.2, 0) is 11.3 Å². The van der Waals surface area contributed by atoms with E-state index in [4.69, 9.17) is 9.47 Å². The third kappa shape index (κ3) is 8.13. The maximum Gasteiger partial charge on any atom is 0.258 e. The van der Waals surface area contributed by atoms with Crippen molar-refractivity contribution in [2.45, 2.75) is 46.7 Å². The van der Waals surface area contributed by atoms with Crippen molar-refractivity contribution in [3.05, 3.63) is 53.6 Å². The first-order valence-electron chi connectivity index (χ1n) is 10.8. The summed E-state index contributed by atoms with van der Waals surface area (Å²) in [6.45, 7) is 10.8. The number of para-hydroxylation sites is 1. The molecule has 0 spiro atoms. The Balaban J connectivity index is 2.09. The summed E-state index contributed by atoms with van der Waals surface area (Å²) in [5.74, 6) is 1.14. The number of amides is 2. The van der Waals surface area contributed by atoms with Gasteiger partial charge in [-0.1, -0.05) is 32.0 Å². The van der Waals surface area contributed by atoms with Crippen LogP contribution < -0.4 is 25.4 Å². The molecule has 174 valence electrons. The van der Waals surface area contributed by atoms with Gasteiger partial charge in [-0.05, 0) is 51.0 Å². The Bertz CT molecular complexity index is 920. The van der Waals surface area contributed by atoms with E-state index in [1.54, 1.807) is 19.2 Å². The van der Waals surface area contributed by atoms with Gasteiger partial charge in [-0.15, -0.1) is 0 Å². The first-order chi connectivity index (χ1) is 15.1. The second-order valence-electron chi connectivity index (χ2n) is 9.07. The van der Waals surface area contributed by atoms with Crippen LogP contribution in [0.1, 0.15) is 50.5 Å². The van der Waals surface area contributed by atoms with Gasteiger partial charge in [0.1, 0.15) is 0 Å². The fourth-order valence-electron chi connectivity index (χ4n) is 2.98. The van der Waals surface area contributed by atoms with Crippen LogP contribution in [0.5, 0.6) is 11.5 Å². The lowest BCUT2D eigenvalue weighted by molar-refractivity contribution is -0.124. The van der Waals surface area contributed by atoms with Crippen LogP contribution in [0, 0.1) is 5.92 Å². The highest BCUT2D eigenvalue weighted by Crippen LogP contribution is 2.31. The van der Waals surface area contributed by atoms with Gasteiger partial charge in [0.2, 0.25) is 0 Å². The SMILES string of the molecule is COc1cccc(CNc2cccc(C(=O)NCC(C)C)c2)c1OCC(=O)NC(C)(C)C. The lowest BCUT2D eigenvalue weighted by atomic mass is 10.1. The highest BCUT2D eigenvalue weighted by molar-refractivity contribution is 5.95. The van der Waals surface area contributed by atoms with E-state index in [-0.39, 0.29) is 24.0 Å². The van der Waals surface area contributed by atoms with Crippen molar-refractivity contribution >= 4 is 17.5 Å². The van der Waals surface area contributed by atoms with Gasteiger partial charge < -0.3 is 25.4 Å². The molecule has 0 atom stereocenters. The molecular formula is C25H35N3O4. The zero-order chi connectivity index (χ0) is 23.7. The van der Waals surface area contributed by atoms with Gasteiger partial charge >= 0.3 is 0 Å². The lowest BCUT2D eigenvalue weighted by Gasteiger charge is -2.21. The number of hydrogen-bond donors (Lipinski definition) is 3. The molecule has 0 unspecified atom stereocenters. The largest absolute Gasteiger partial charge is 0.493 e. The summed E-state index contributed by atoms with van der Waals surface area (Å²) >= 11 is 0. The molecule has 2 rings (SSSR count). The summed E-state index contributed by atoms with van der Waals surface area (Å²) in [7, 11) is 1.56. The molecule has 0 bridgehead atoms. The van der Waals surface area contributed by atoms with Crippen molar-refractivity contribution in [1.29, 1.82) is 0 Å². The molecule has 0 radical (unpaired) electrons. The van der Waals surface area contributed by atoms with Gasteiger partial charge in [0.15, 0.2) is 18.1 Å². The topological polar surface area (TPSA) is 88.7 Å². The van der Waals surface area contributed by atoms with Crippen molar-refractivity contribution in [3.63, 3.8) is 0 Å². The van der Waals surface area contributed by atoms with E-state index in [9.17, 15) is 9.59 Å². The average molecular weight is 442 g/mol. The molecule has 0 saturated heterocycles. The number of ether oxygens (including phenoxy) is 2. The predicted octanol–water partition coefficient (Wildman–Crippen LogP) is 3.99. The molecule has 2 aromatic carbocycles. The highest BCUT2D eigenvalue weighted by atomic mass is 16.5. The standard InChI is InChI=1S/C25H35N3O4/c1-17(2)14-27-24(30)18-9-7-11-20(13-18)26-15-19-10-8-12-21(31-6)23(19)32-16-22(29)28-25(3,4)5/h7-13,17,26H,14-16H2,1-6H3,(H,27,30)(H,28,29). The summed E-state index contributed by atoms with van der Waals surface area (Å²) in [4.78, 5) is 24.5. The van der Waals surface area contributed by atoms with E-state index in [0.29, 0.717) is 36.1 Å². The molecule has 0 fully saturated rings. The van der Waals surface area contributed by atoms with Gasteiger partial charge in [-0.2, -0.15) is 0 Å². The lowest BCUT2D eigenvalue weighted by Crippen LogP contribution is -2.43. The van der Waals surface area contributed by atoms with E-state index in [2.05, 4.69) is 29.8 Å². The molecular weight excluding hydrogens is 406 g/mol. The second-order valence-corrected chi connectivity index (χ2v) is 9.07. The van der Waals surface area contributed by atoms with Crippen molar-refractivity contribution in [2.75, 3.05) is 25.6 Å². The highest BCUT2D eigenvalue weighted by Gasteiger charge is 2.17. The Morgan fingerprint density at radius 2 is 1.78 bits per heavy atom. The Hall–Kier alpha value is -3.22. The normalized spacial score (nSPS) is 11.1. The van der Waals surface area contributed by atoms with Gasteiger partial charge in [0.05, 0.1) is 7.11 Å². The number of carbonyl (C=O) groups is 2. The summed E-state index contributed by atoms with van der Waals surface area (Å²) in [6, 6.07) is 12.9. The molecule has 7 nitrogen and oxygen atoms in total. The Morgan fingerprint density at radius 3 is 2.44 bits per heavy atom. The first kappa shape index (κ1) is 25.0. The molecule has 0 aliphatic carbocycles. The number of benzene rings is 2. The zero-order valence-corrected chi connectivity index (χ0v) is 19.9. The maximum absolute atomic E-state index is 12.3. The first-order valence-corrected chi connectivity index (χ1v) is 10.8. The summed E-state index contributed by atoms with van der Waals surface area (Å²) in [5, 5.41) is 9.13. The molecule has 0 aliphatic heterocycles. The Morgan fingerprint density at radius 1 is 1.06 bits per heavy atom.